The predicted octanol–water partition coefficient (Wildman–Crippen LogP) is 2.81. The van der Waals surface area contributed by atoms with Crippen molar-refractivity contribution in [1.29, 1.82) is 0 Å². The van der Waals surface area contributed by atoms with Crippen molar-refractivity contribution in [3.8, 4) is 10.7 Å². The maximum Gasteiger partial charge on any atom is 0.275 e. The highest BCUT2D eigenvalue weighted by Crippen LogP contribution is 2.22. The van der Waals surface area contributed by atoms with Gasteiger partial charge in [0.15, 0.2) is 0 Å². The molecule has 0 spiro atoms. The van der Waals surface area contributed by atoms with E-state index in [4.69, 9.17) is 0 Å². The van der Waals surface area contributed by atoms with Crippen molar-refractivity contribution in [3.05, 3.63) is 53.9 Å². The average molecular weight is 339 g/mol. The number of thiazole rings is 1. The summed E-state index contributed by atoms with van der Waals surface area (Å²) in [5, 5.41) is 7.71. The summed E-state index contributed by atoms with van der Waals surface area (Å²) in [6, 6.07) is 6.90. The quantitative estimate of drug-likeness (QED) is 0.762. The van der Waals surface area contributed by atoms with Gasteiger partial charge in [0.05, 0.1) is 6.20 Å². The summed E-state index contributed by atoms with van der Waals surface area (Å²) in [7, 11) is 0. The molecule has 0 radical (unpaired) electrons. The van der Waals surface area contributed by atoms with Crippen LogP contribution in [0.15, 0.2) is 48.2 Å². The minimum absolute atomic E-state index is 0.174. The van der Waals surface area contributed by atoms with Crippen molar-refractivity contribution in [1.82, 2.24) is 15.0 Å². The number of aromatic nitrogens is 3. The van der Waals surface area contributed by atoms with Gasteiger partial charge in [-0.25, -0.2) is 4.98 Å². The number of nitrogens with zero attached hydrogens (tertiary/aromatic N) is 3. The first-order chi connectivity index (χ1) is 11.6. The molecule has 0 aliphatic carbocycles. The van der Waals surface area contributed by atoms with Crippen molar-refractivity contribution < 1.29 is 9.59 Å². The summed E-state index contributed by atoms with van der Waals surface area (Å²) >= 11 is 1.32. The van der Waals surface area contributed by atoms with Gasteiger partial charge < -0.3 is 10.6 Å². The molecule has 8 heteroatoms. The molecule has 0 atom stereocenters. The minimum atomic E-state index is -0.332. The van der Waals surface area contributed by atoms with E-state index >= 15 is 0 Å². The Bertz CT molecular complexity index is 879. The Morgan fingerprint density at radius 2 is 1.92 bits per heavy atom. The summed E-state index contributed by atoms with van der Waals surface area (Å²) in [6.45, 7) is 1.43. The Morgan fingerprint density at radius 3 is 2.62 bits per heavy atom. The molecule has 0 aliphatic rings. The largest absolute Gasteiger partial charge is 0.326 e. The Balaban J connectivity index is 1.74. The maximum absolute atomic E-state index is 12.3. The molecule has 1 aromatic carbocycles. The van der Waals surface area contributed by atoms with Gasteiger partial charge in [-0.1, -0.05) is 6.07 Å². The number of amides is 2. The van der Waals surface area contributed by atoms with E-state index in [0.29, 0.717) is 27.8 Å². The summed E-state index contributed by atoms with van der Waals surface area (Å²) in [5.74, 6) is -0.507. The fourth-order valence-electron chi connectivity index (χ4n) is 1.98. The van der Waals surface area contributed by atoms with Crippen molar-refractivity contribution in [3.63, 3.8) is 0 Å². The lowest BCUT2D eigenvalue weighted by atomic mass is 10.2. The van der Waals surface area contributed by atoms with Gasteiger partial charge in [-0.15, -0.1) is 11.3 Å². The molecular formula is C16H13N5O2S. The molecule has 2 N–H and O–H groups in total. The van der Waals surface area contributed by atoms with Gasteiger partial charge in [0.1, 0.15) is 16.4 Å². The summed E-state index contributed by atoms with van der Waals surface area (Å²) in [4.78, 5) is 35.8. The van der Waals surface area contributed by atoms with Gasteiger partial charge in [0.2, 0.25) is 5.91 Å². The summed E-state index contributed by atoms with van der Waals surface area (Å²) in [6.07, 6.45) is 4.74. The highest BCUT2D eigenvalue weighted by molar-refractivity contribution is 7.13. The van der Waals surface area contributed by atoms with Gasteiger partial charge >= 0.3 is 0 Å². The van der Waals surface area contributed by atoms with Crippen LogP contribution in [-0.2, 0) is 4.79 Å². The van der Waals surface area contributed by atoms with Crippen LogP contribution in [0.3, 0.4) is 0 Å². The van der Waals surface area contributed by atoms with Crippen LogP contribution in [0, 0.1) is 0 Å². The zero-order chi connectivity index (χ0) is 16.9. The van der Waals surface area contributed by atoms with Gasteiger partial charge in [-0.2, -0.15) is 0 Å². The van der Waals surface area contributed by atoms with E-state index in [0.717, 1.165) is 0 Å². The molecule has 3 rings (SSSR count). The van der Waals surface area contributed by atoms with Crippen LogP contribution < -0.4 is 10.6 Å². The Labute approximate surface area is 141 Å². The Kier molecular flexibility index (Phi) is 4.57. The number of carbonyl (C=O) groups excluding carboxylic acids is 2. The molecule has 0 fully saturated rings. The second-order valence-electron chi connectivity index (χ2n) is 4.84. The van der Waals surface area contributed by atoms with Crippen molar-refractivity contribution in [2.75, 3.05) is 10.6 Å². The van der Waals surface area contributed by atoms with Gasteiger partial charge in [0, 0.05) is 36.1 Å². The molecule has 24 heavy (non-hydrogen) atoms. The topological polar surface area (TPSA) is 96.9 Å². The van der Waals surface area contributed by atoms with Gasteiger partial charge in [-0.3, -0.25) is 19.6 Å². The smallest absolute Gasteiger partial charge is 0.275 e. The highest BCUT2D eigenvalue weighted by atomic mass is 32.1. The van der Waals surface area contributed by atoms with E-state index in [1.165, 1.54) is 18.3 Å². The number of anilines is 2. The van der Waals surface area contributed by atoms with Gasteiger partial charge in [0.25, 0.3) is 5.91 Å². The van der Waals surface area contributed by atoms with E-state index < -0.39 is 0 Å². The summed E-state index contributed by atoms with van der Waals surface area (Å²) < 4.78 is 0. The number of nitrogens with one attached hydrogen (secondary N) is 2. The molecule has 2 heterocycles. The van der Waals surface area contributed by atoms with E-state index in [2.05, 4.69) is 25.6 Å². The van der Waals surface area contributed by atoms with E-state index in [1.54, 1.807) is 48.2 Å². The molecule has 2 amide bonds. The number of rotatable bonds is 4. The third-order valence-electron chi connectivity index (χ3n) is 2.96. The third kappa shape index (κ3) is 3.79. The highest BCUT2D eigenvalue weighted by Gasteiger charge is 2.13. The molecule has 0 aliphatic heterocycles. The van der Waals surface area contributed by atoms with Crippen LogP contribution >= 0.6 is 11.3 Å². The molecule has 7 nitrogen and oxygen atoms in total. The minimum Gasteiger partial charge on any atom is -0.326 e. The van der Waals surface area contributed by atoms with Crippen molar-refractivity contribution >= 4 is 34.5 Å². The lowest BCUT2D eigenvalue weighted by Crippen LogP contribution is -2.13. The molecule has 0 bridgehead atoms. The second-order valence-corrected chi connectivity index (χ2v) is 5.70. The first kappa shape index (κ1) is 15.8. The first-order valence-corrected chi connectivity index (χ1v) is 7.91. The van der Waals surface area contributed by atoms with E-state index in [-0.39, 0.29) is 11.8 Å². The monoisotopic (exact) mass is 339 g/mol. The molecule has 0 unspecified atom stereocenters. The van der Waals surface area contributed by atoms with Crippen LogP contribution in [0.25, 0.3) is 10.7 Å². The van der Waals surface area contributed by atoms with Crippen LogP contribution in [0.5, 0.6) is 0 Å². The van der Waals surface area contributed by atoms with E-state index in [9.17, 15) is 9.59 Å². The van der Waals surface area contributed by atoms with Crippen LogP contribution in [0.4, 0.5) is 11.4 Å². The molecule has 0 saturated heterocycles. The van der Waals surface area contributed by atoms with Crippen LogP contribution in [0.1, 0.15) is 17.4 Å². The number of carbonyl (C=O) groups is 2. The number of hydrogen-bond acceptors (Lipinski definition) is 6. The molecular weight excluding hydrogens is 326 g/mol. The Hall–Kier alpha value is -3.13. The van der Waals surface area contributed by atoms with Crippen LogP contribution in [0.2, 0.25) is 0 Å². The number of benzene rings is 1. The fraction of sp³-hybridized carbons (Fsp3) is 0.0625. The number of hydrogen-bond donors (Lipinski definition) is 2. The first-order valence-electron chi connectivity index (χ1n) is 7.03. The zero-order valence-corrected chi connectivity index (χ0v) is 13.5. The normalized spacial score (nSPS) is 10.2. The third-order valence-corrected chi connectivity index (χ3v) is 3.82. The second kappa shape index (κ2) is 6.97. The van der Waals surface area contributed by atoms with E-state index in [1.807, 2.05) is 0 Å². The molecule has 120 valence electrons. The van der Waals surface area contributed by atoms with Crippen molar-refractivity contribution in [2.24, 2.45) is 0 Å². The Morgan fingerprint density at radius 1 is 1.12 bits per heavy atom. The predicted molar refractivity (Wildman–Crippen MR) is 91.8 cm³/mol. The standard InChI is InChI=1S/C16H13N5O2S/c1-10(22)19-11-3-2-4-12(7-11)20-15(23)14-9-24-16(21-14)13-8-17-5-6-18-13/h2-9H,1H3,(H,19,22)(H,20,23). The van der Waals surface area contributed by atoms with Crippen molar-refractivity contribution in [2.45, 2.75) is 6.92 Å². The molecule has 0 saturated carbocycles. The SMILES string of the molecule is CC(=O)Nc1cccc(NC(=O)c2csc(-c3cnccn3)n2)c1. The maximum atomic E-state index is 12.3. The van der Waals surface area contributed by atoms with Crippen LogP contribution in [-0.4, -0.2) is 26.8 Å². The average Bonchev–Trinajstić information content (AvgIpc) is 3.05. The molecule has 2 aromatic heterocycles. The molecule has 3 aromatic rings. The lowest BCUT2D eigenvalue weighted by molar-refractivity contribution is -0.114. The summed E-state index contributed by atoms with van der Waals surface area (Å²) in [5.41, 5.74) is 2.10. The zero-order valence-electron chi connectivity index (χ0n) is 12.7. The lowest BCUT2D eigenvalue weighted by Gasteiger charge is -2.06. The fourth-order valence-corrected chi connectivity index (χ4v) is 2.74. The van der Waals surface area contributed by atoms with Gasteiger partial charge in [-0.05, 0) is 18.2 Å².